The van der Waals surface area contributed by atoms with E-state index in [2.05, 4.69) is 15.4 Å². The number of ether oxygens (including phenoxy) is 1. The maximum atomic E-state index is 13.3. The number of rotatable bonds is 6. The van der Waals surface area contributed by atoms with Crippen molar-refractivity contribution in [3.8, 4) is 23.1 Å². The van der Waals surface area contributed by atoms with E-state index in [-0.39, 0.29) is 30.4 Å². The quantitative estimate of drug-likeness (QED) is 0.408. The third kappa shape index (κ3) is 4.27. The highest BCUT2D eigenvalue weighted by molar-refractivity contribution is 6.39. The number of carbonyl (C=O) groups excluding carboxylic acids is 1. The summed E-state index contributed by atoms with van der Waals surface area (Å²) in [6.45, 7) is 2.00. The standard InChI is InChI=1S/C21H17ClF4N4O2/c1-2-32-19-28-17(12-4-3-5-13(10-12)21(24,25)26)30(29-19)15-8-6-14(7-9-15)27-18(31)20(22)11-16(20)23/h3-10,16H,2,11H2,1H3,(H,27,31). The molecular weight excluding hydrogens is 452 g/mol. The van der Waals surface area contributed by atoms with Crippen LogP contribution in [0.15, 0.2) is 48.5 Å². The molecule has 168 valence electrons. The van der Waals surface area contributed by atoms with Crippen molar-refractivity contribution >= 4 is 23.2 Å². The second-order valence-electron chi connectivity index (χ2n) is 7.18. The summed E-state index contributed by atoms with van der Waals surface area (Å²) >= 11 is 5.88. The summed E-state index contributed by atoms with van der Waals surface area (Å²) in [5, 5.41) is 6.78. The van der Waals surface area contributed by atoms with E-state index in [1.807, 2.05) is 0 Å². The molecule has 0 aliphatic heterocycles. The number of carbonyl (C=O) groups is 1. The van der Waals surface area contributed by atoms with Gasteiger partial charge in [0.1, 0.15) is 6.17 Å². The highest BCUT2D eigenvalue weighted by atomic mass is 35.5. The minimum absolute atomic E-state index is 0.00379. The van der Waals surface area contributed by atoms with E-state index < -0.39 is 28.7 Å². The largest absolute Gasteiger partial charge is 0.463 e. The number of nitrogens with zero attached hydrogens (tertiary/aromatic N) is 3. The molecule has 2 unspecified atom stereocenters. The highest BCUT2D eigenvalue weighted by Crippen LogP contribution is 2.46. The Morgan fingerprint density at radius 3 is 2.56 bits per heavy atom. The molecule has 1 aliphatic carbocycles. The Balaban J connectivity index is 1.66. The van der Waals surface area contributed by atoms with Gasteiger partial charge in [0.05, 0.1) is 17.9 Å². The maximum absolute atomic E-state index is 13.3. The number of benzene rings is 2. The molecule has 1 N–H and O–H groups in total. The first-order valence-electron chi connectivity index (χ1n) is 9.64. The minimum atomic E-state index is -4.51. The summed E-state index contributed by atoms with van der Waals surface area (Å²) in [5.41, 5.74) is 0.220. The van der Waals surface area contributed by atoms with Gasteiger partial charge in [-0.15, -0.1) is 16.7 Å². The van der Waals surface area contributed by atoms with E-state index in [0.29, 0.717) is 11.4 Å². The lowest BCUT2D eigenvalue weighted by atomic mass is 10.1. The first kappa shape index (κ1) is 22.1. The molecule has 0 bridgehead atoms. The zero-order valence-electron chi connectivity index (χ0n) is 16.7. The third-order valence-corrected chi connectivity index (χ3v) is 5.43. The van der Waals surface area contributed by atoms with Crippen LogP contribution in [-0.4, -0.2) is 38.3 Å². The highest BCUT2D eigenvalue weighted by Gasteiger charge is 2.60. The van der Waals surface area contributed by atoms with E-state index in [1.54, 1.807) is 31.2 Å². The number of hydrogen-bond donors (Lipinski definition) is 1. The van der Waals surface area contributed by atoms with Gasteiger partial charge >= 0.3 is 12.2 Å². The van der Waals surface area contributed by atoms with Crippen molar-refractivity contribution in [2.45, 2.75) is 30.6 Å². The van der Waals surface area contributed by atoms with Gasteiger partial charge in [0.2, 0.25) is 5.91 Å². The van der Waals surface area contributed by atoms with Gasteiger partial charge in [0.15, 0.2) is 10.7 Å². The lowest BCUT2D eigenvalue weighted by molar-refractivity contribution is -0.137. The first-order chi connectivity index (χ1) is 15.1. The van der Waals surface area contributed by atoms with Crippen LogP contribution in [0.25, 0.3) is 17.1 Å². The van der Waals surface area contributed by atoms with E-state index in [0.717, 1.165) is 12.1 Å². The lowest BCUT2D eigenvalue weighted by Crippen LogP contribution is -2.27. The molecule has 0 radical (unpaired) electrons. The summed E-state index contributed by atoms with van der Waals surface area (Å²) in [4.78, 5) is 14.8. The first-order valence-corrected chi connectivity index (χ1v) is 10.0. The molecule has 2 aromatic carbocycles. The molecule has 1 aliphatic rings. The van der Waals surface area contributed by atoms with Crippen molar-refractivity contribution in [3.05, 3.63) is 54.1 Å². The van der Waals surface area contributed by atoms with Gasteiger partial charge in [0, 0.05) is 17.7 Å². The summed E-state index contributed by atoms with van der Waals surface area (Å²) in [7, 11) is 0. The Morgan fingerprint density at radius 1 is 1.28 bits per heavy atom. The smallest absolute Gasteiger partial charge is 0.416 e. The van der Waals surface area contributed by atoms with Crippen LogP contribution < -0.4 is 10.1 Å². The van der Waals surface area contributed by atoms with Crippen LogP contribution in [0, 0.1) is 0 Å². The average molecular weight is 469 g/mol. The van der Waals surface area contributed by atoms with Gasteiger partial charge in [-0.25, -0.2) is 9.07 Å². The van der Waals surface area contributed by atoms with Gasteiger partial charge < -0.3 is 10.1 Å². The lowest BCUT2D eigenvalue weighted by Gasteiger charge is -2.11. The Kier molecular flexibility index (Phi) is 5.58. The molecular formula is C21H17ClF4N4O2. The molecule has 0 saturated heterocycles. The Labute approximate surface area is 185 Å². The van der Waals surface area contributed by atoms with Crippen LogP contribution in [0.4, 0.5) is 23.2 Å². The van der Waals surface area contributed by atoms with Gasteiger partial charge in [-0.3, -0.25) is 4.79 Å². The second kappa shape index (κ2) is 8.09. The third-order valence-electron chi connectivity index (χ3n) is 4.87. The zero-order valence-corrected chi connectivity index (χ0v) is 17.4. The summed E-state index contributed by atoms with van der Waals surface area (Å²) in [6, 6.07) is 11.0. The monoisotopic (exact) mass is 468 g/mol. The fourth-order valence-electron chi connectivity index (χ4n) is 3.04. The van der Waals surface area contributed by atoms with E-state index in [1.165, 1.54) is 16.8 Å². The van der Waals surface area contributed by atoms with Crippen molar-refractivity contribution in [1.82, 2.24) is 14.8 Å². The minimum Gasteiger partial charge on any atom is -0.463 e. The number of halogens is 5. The summed E-state index contributed by atoms with van der Waals surface area (Å²) in [6.07, 6.45) is -5.94. The Morgan fingerprint density at radius 2 is 1.97 bits per heavy atom. The number of alkyl halides is 5. The molecule has 0 spiro atoms. The molecule has 1 aromatic heterocycles. The van der Waals surface area contributed by atoms with Gasteiger partial charge in [-0.05, 0) is 43.3 Å². The molecule has 4 rings (SSSR count). The van der Waals surface area contributed by atoms with Crippen molar-refractivity contribution in [3.63, 3.8) is 0 Å². The predicted molar refractivity (Wildman–Crippen MR) is 110 cm³/mol. The SMILES string of the molecule is CCOc1nc(-c2cccc(C(F)(F)F)c2)n(-c2ccc(NC(=O)C3(Cl)CC3F)cc2)n1. The predicted octanol–water partition coefficient (Wildman–Crippen LogP) is 5.01. The van der Waals surface area contributed by atoms with Crippen molar-refractivity contribution in [2.24, 2.45) is 0 Å². The second-order valence-corrected chi connectivity index (χ2v) is 7.85. The molecule has 1 amide bonds. The Bertz CT molecular complexity index is 1150. The number of amides is 1. The topological polar surface area (TPSA) is 69.0 Å². The van der Waals surface area contributed by atoms with Crippen LogP contribution in [0.3, 0.4) is 0 Å². The molecule has 2 atom stereocenters. The fourth-order valence-corrected chi connectivity index (χ4v) is 3.23. The summed E-state index contributed by atoms with van der Waals surface area (Å²) < 4.78 is 59.4. The van der Waals surface area contributed by atoms with Crippen LogP contribution in [0.5, 0.6) is 6.01 Å². The zero-order chi connectivity index (χ0) is 23.1. The van der Waals surface area contributed by atoms with Crippen molar-refractivity contribution in [1.29, 1.82) is 0 Å². The van der Waals surface area contributed by atoms with Crippen molar-refractivity contribution < 1.29 is 27.1 Å². The molecule has 1 fully saturated rings. The molecule has 3 aromatic rings. The average Bonchev–Trinajstić information content (AvgIpc) is 3.18. The van der Waals surface area contributed by atoms with E-state index in [9.17, 15) is 22.4 Å². The number of anilines is 1. The maximum Gasteiger partial charge on any atom is 0.416 e. The van der Waals surface area contributed by atoms with E-state index in [4.69, 9.17) is 16.3 Å². The van der Waals surface area contributed by atoms with Crippen LogP contribution in [0.1, 0.15) is 18.9 Å². The van der Waals surface area contributed by atoms with E-state index >= 15 is 0 Å². The normalized spacial score (nSPS) is 20.1. The van der Waals surface area contributed by atoms with Gasteiger partial charge in [-0.2, -0.15) is 18.2 Å². The molecule has 1 saturated carbocycles. The number of nitrogens with one attached hydrogen (secondary N) is 1. The molecule has 6 nitrogen and oxygen atoms in total. The Hall–Kier alpha value is -3.14. The van der Waals surface area contributed by atoms with Crippen molar-refractivity contribution in [2.75, 3.05) is 11.9 Å². The number of aromatic nitrogens is 3. The van der Waals surface area contributed by atoms with Crippen LogP contribution >= 0.6 is 11.6 Å². The number of hydrogen-bond acceptors (Lipinski definition) is 4. The molecule has 11 heteroatoms. The van der Waals surface area contributed by atoms with Gasteiger partial charge in [-0.1, -0.05) is 12.1 Å². The summed E-state index contributed by atoms with van der Waals surface area (Å²) in [5.74, 6) is -0.488. The molecule has 32 heavy (non-hydrogen) atoms. The fraction of sp³-hybridized carbons (Fsp3) is 0.286. The van der Waals surface area contributed by atoms with Crippen LogP contribution in [0.2, 0.25) is 0 Å². The molecule has 1 heterocycles. The van der Waals surface area contributed by atoms with Crippen LogP contribution in [-0.2, 0) is 11.0 Å². The van der Waals surface area contributed by atoms with Gasteiger partial charge in [0.25, 0.3) is 0 Å².